The predicted octanol–water partition coefficient (Wildman–Crippen LogP) is 5.29. The van der Waals surface area contributed by atoms with Crippen LogP contribution in [0.3, 0.4) is 0 Å². The number of halogens is 1. The maximum absolute atomic E-state index is 14.5. The summed E-state index contributed by atoms with van der Waals surface area (Å²) in [7, 11) is 1.77. The molecule has 7 nitrogen and oxygen atoms in total. The summed E-state index contributed by atoms with van der Waals surface area (Å²) < 4.78 is 22.6. The van der Waals surface area contributed by atoms with E-state index in [0.717, 1.165) is 49.0 Å². The number of allylic oxidation sites excluding steroid dienone is 2. The smallest absolute Gasteiger partial charge is 0.197 e. The van der Waals surface area contributed by atoms with Gasteiger partial charge in [0.05, 0.1) is 18.0 Å². The fourth-order valence-electron chi connectivity index (χ4n) is 4.36. The quantitative estimate of drug-likeness (QED) is 0.302. The summed E-state index contributed by atoms with van der Waals surface area (Å²) in [5.41, 5.74) is 4.92. The molecule has 2 aliphatic heterocycles. The number of nitrogens with one attached hydrogen (secondary N) is 2. The van der Waals surface area contributed by atoms with E-state index in [1.54, 1.807) is 19.2 Å². The van der Waals surface area contributed by atoms with Crippen LogP contribution in [-0.4, -0.2) is 52.2 Å². The van der Waals surface area contributed by atoms with Crippen LogP contribution in [0.1, 0.15) is 33.1 Å². The second-order valence-corrected chi connectivity index (χ2v) is 9.47. The van der Waals surface area contributed by atoms with Crippen LogP contribution in [-0.2, 0) is 4.74 Å². The number of hydrogen-bond donors (Lipinski definition) is 2. The molecule has 2 N–H and O–H groups in total. The van der Waals surface area contributed by atoms with Gasteiger partial charge in [-0.3, -0.25) is 5.43 Å². The number of aliphatic imine (C=N–C) groups is 1. The van der Waals surface area contributed by atoms with E-state index in [9.17, 15) is 4.39 Å². The molecule has 2 atom stereocenters. The largest absolute Gasteiger partial charge is 0.388 e. The lowest BCUT2D eigenvalue weighted by Crippen LogP contribution is -2.42. The van der Waals surface area contributed by atoms with E-state index >= 15 is 0 Å². The monoisotopic (exact) mass is 484 g/mol. The Kier molecular flexibility index (Phi) is 7.95. The maximum Gasteiger partial charge on any atom is 0.197 e. The third kappa shape index (κ3) is 5.47. The number of ether oxygens (including phenoxy) is 1. The first kappa shape index (κ1) is 24.3. The zero-order chi connectivity index (χ0) is 24.1. The lowest BCUT2D eigenvalue weighted by Gasteiger charge is -2.36. The van der Waals surface area contributed by atoms with Crippen LogP contribution in [0.5, 0.6) is 0 Å². The van der Waals surface area contributed by atoms with E-state index in [1.165, 1.54) is 17.8 Å². The molecule has 0 saturated carbocycles. The fourth-order valence-corrected chi connectivity index (χ4v) is 5.32. The molecule has 2 aromatic rings. The van der Waals surface area contributed by atoms with Crippen LogP contribution in [0.25, 0.3) is 11.3 Å². The lowest BCUT2D eigenvalue weighted by atomic mass is 9.92. The molecule has 0 amide bonds. The van der Waals surface area contributed by atoms with Crippen molar-refractivity contribution in [2.75, 3.05) is 30.9 Å². The number of likely N-dealkylation sites (tertiary alicyclic amines) is 1. The summed E-state index contributed by atoms with van der Waals surface area (Å²) in [4.78, 5) is 11.6. The van der Waals surface area contributed by atoms with Crippen molar-refractivity contribution in [3.63, 3.8) is 0 Å². The highest BCUT2D eigenvalue weighted by Gasteiger charge is 2.31. The first-order valence-corrected chi connectivity index (χ1v) is 12.6. The van der Waals surface area contributed by atoms with Crippen LogP contribution in [0.15, 0.2) is 59.5 Å². The number of amidine groups is 1. The zero-order valence-electron chi connectivity index (χ0n) is 20.0. The van der Waals surface area contributed by atoms with E-state index in [0.29, 0.717) is 17.2 Å². The maximum atomic E-state index is 14.5. The van der Waals surface area contributed by atoms with Gasteiger partial charge >= 0.3 is 0 Å². The molecule has 1 aromatic heterocycles. The summed E-state index contributed by atoms with van der Waals surface area (Å²) in [6.07, 6.45) is 10.4. The number of nitrogens with zero attached hydrogens (tertiary/aromatic N) is 4. The van der Waals surface area contributed by atoms with Gasteiger partial charge in [-0.15, -0.1) is 0 Å². The van der Waals surface area contributed by atoms with Gasteiger partial charge in [0, 0.05) is 44.0 Å². The second-order valence-electron chi connectivity index (χ2n) is 8.44. The highest BCUT2D eigenvalue weighted by Crippen LogP contribution is 2.35. The molecule has 3 heterocycles. The molecule has 2 aliphatic rings. The minimum Gasteiger partial charge on any atom is -0.388 e. The summed E-state index contributed by atoms with van der Waals surface area (Å²) in [5.74, 6) is 1.31. The molecule has 0 spiro atoms. The molecule has 0 aliphatic carbocycles. The third-order valence-electron chi connectivity index (χ3n) is 6.33. The Morgan fingerprint density at radius 1 is 1.44 bits per heavy atom. The van der Waals surface area contributed by atoms with Crippen molar-refractivity contribution in [1.82, 2.24) is 14.6 Å². The molecular formula is C25H33FN6OS. The molecule has 0 bridgehead atoms. The minimum atomic E-state index is -0.297. The van der Waals surface area contributed by atoms with Crippen molar-refractivity contribution in [2.24, 2.45) is 10.9 Å². The van der Waals surface area contributed by atoms with Gasteiger partial charge in [-0.1, -0.05) is 19.6 Å². The van der Waals surface area contributed by atoms with Crippen molar-refractivity contribution in [1.29, 1.82) is 0 Å². The Bertz CT molecular complexity index is 1040. The third-order valence-corrected chi connectivity index (χ3v) is 7.26. The van der Waals surface area contributed by atoms with Gasteiger partial charge in [-0.2, -0.15) is 0 Å². The van der Waals surface area contributed by atoms with Gasteiger partial charge in [0.25, 0.3) is 0 Å². The van der Waals surface area contributed by atoms with Crippen molar-refractivity contribution in [2.45, 2.75) is 49.9 Å². The van der Waals surface area contributed by atoms with E-state index in [-0.39, 0.29) is 17.5 Å². The number of anilines is 1. The van der Waals surface area contributed by atoms with Crippen LogP contribution < -0.4 is 10.7 Å². The number of hydrogen-bond acceptors (Lipinski definition) is 6. The summed E-state index contributed by atoms with van der Waals surface area (Å²) in [6.45, 7) is 9.95. The molecule has 4 rings (SSSR count). The van der Waals surface area contributed by atoms with Crippen LogP contribution >= 0.6 is 11.8 Å². The first-order valence-electron chi connectivity index (χ1n) is 11.8. The minimum absolute atomic E-state index is 0.116. The number of thioether (sulfide) groups is 1. The van der Waals surface area contributed by atoms with E-state index in [2.05, 4.69) is 46.0 Å². The Morgan fingerprint density at radius 3 is 2.88 bits per heavy atom. The number of rotatable bonds is 8. The number of piperidine rings is 1. The molecule has 1 fully saturated rings. The summed E-state index contributed by atoms with van der Waals surface area (Å²) >= 11 is 1.52. The number of fused-ring (bicyclic) bond motifs is 1. The number of benzene rings is 1. The highest BCUT2D eigenvalue weighted by atomic mass is 32.2. The Balaban J connectivity index is 1.29. The zero-order valence-corrected chi connectivity index (χ0v) is 20.8. The average Bonchev–Trinajstić information content (AvgIpc) is 3.40. The number of aromatic nitrogens is 2. The Morgan fingerprint density at radius 2 is 2.24 bits per heavy atom. The molecule has 1 aromatic carbocycles. The molecule has 182 valence electrons. The normalized spacial score (nSPS) is 19.8. The van der Waals surface area contributed by atoms with E-state index in [1.807, 2.05) is 29.2 Å². The van der Waals surface area contributed by atoms with E-state index in [4.69, 9.17) is 4.74 Å². The highest BCUT2D eigenvalue weighted by molar-refractivity contribution is 7.99. The van der Waals surface area contributed by atoms with Crippen LogP contribution in [0, 0.1) is 11.7 Å². The average molecular weight is 485 g/mol. The van der Waals surface area contributed by atoms with Crippen molar-refractivity contribution in [3.05, 3.63) is 55.1 Å². The lowest BCUT2D eigenvalue weighted by molar-refractivity contribution is 0.00129. The van der Waals surface area contributed by atoms with Gasteiger partial charge in [0.2, 0.25) is 0 Å². The van der Waals surface area contributed by atoms with Gasteiger partial charge in [0.1, 0.15) is 11.7 Å². The van der Waals surface area contributed by atoms with Gasteiger partial charge in [-0.25, -0.2) is 19.0 Å². The second kappa shape index (κ2) is 11.1. The summed E-state index contributed by atoms with van der Waals surface area (Å²) in [5, 5.41) is 3.72. The fraction of sp³-hybridized carbons (Fsp3) is 0.440. The first-order chi connectivity index (χ1) is 16.5. The Hall–Kier alpha value is -2.78. The molecule has 0 radical (unpaired) electrons. The molecule has 1 saturated heterocycles. The van der Waals surface area contributed by atoms with E-state index < -0.39 is 0 Å². The Labute approximate surface area is 205 Å². The predicted molar refractivity (Wildman–Crippen MR) is 138 cm³/mol. The van der Waals surface area contributed by atoms with Crippen molar-refractivity contribution in [3.8, 4) is 11.3 Å². The van der Waals surface area contributed by atoms with Crippen molar-refractivity contribution < 1.29 is 9.13 Å². The molecule has 9 heteroatoms. The number of imidazole rings is 1. The van der Waals surface area contributed by atoms with Gasteiger partial charge in [0.15, 0.2) is 10.7 Å². The topological polar surface area (TPSA) is 66.7 Å². The molecule has 34 heavy (non-hydrogen) atoms. The standard InChI is InChI=1S/C25H33FN6OS/c1-5-7-12-28-23(6-2)31-13-10-18(11-14-31)17(3)33-25-30-32-16-22(29-24(32)34-25)20-9-8-19(27-4)15-21(20)26/h5,7-9,12,15-18,25,27,30H,1,6,10-11,13-14H2,2-4H3/b12-7-,28-23?. The summed E-state index contributed by atoms with van der Waals surface area (Å²) in [6, 6.07) is 5.07. The van der Waals surface area contributed by atoms with Crippen LogP contribution in [0.4, 0.5) is 10.1 Å². The van der Waals surface area contributed by atoms with Crippen molar-refractivity contribution >= 4 is 23.3 Å². The molecule has 2 unspecified atom stereocenters. The van der Waals surface area contributed by atoms with Crippen LogP contribution in [0.2, 0.25) is 0 Å². The SMILES string of the molecule is C=C/C=C\N=C(CC)N1CCC(C(C)OC2Nn3cc(-c4ccc(NC)cc4F)nc3S2)CC1. The molecular weight excluding hydrogens is 451 g/mol. The van der Waals surface area contributed by atoms with Gasteiger partial charge < -0.3 is 15.0 Å². The van der Waals surface area contributed by atoms with Gasteiger partial charge in [-0.05, 0) is 61.7 Å².